The van der Waals surface area contributed by atoms with Gasteiger partial charge in [0.1, 0.15) is 0 Å². The minimum Gasteiger partial charge on any atom is -0.462 e. The lowest BCUT2D eigenvalue weighted by atomic mass is 9.83. The van der Waals surface area contributed by atoms with Gasteiger partial charge in [-0.15, -0.1) is 5.10 Å². The molecule has 3 unspecified atom stereocenters. The lowest BCUT2D eigenvalue weighted by Gasteiger charge is -2.36. The van der Waals surface area contributed by atoms with Crippen LogP contribution in [0, 0.1) is 0 Å². The van der Waals surface area contributed by atoms with Crippen molar-refractivity contribution in [3.63, 3.8) is 0 Å². The monoisotopic (exact) mass is 618 g/mol. The maximum absolute atomic E-state index is 14.2. The normalized spacial score (nSPS) is 16.6. The second-order valence-corrected chi connectivity index (χ2v) is 12.3. The highest BCUT2D eigenvalue weighted by molar-refractivity contribution is 5.89. The third kappa shape index (κ3) is 6.45. The average Bonchev–Trinajstić information content (AvgIpc) is 3.74. The molecule has 1 N–H and O–H groups in total. The second-order valence-electron chi connectivity index (χ2n) is 12.3. The largest absolute Gasteiger partial charge is 0.462 e. The van der Waals surface area contributed by atoms with E-state index in [0.29, 0.717) is 24.4 Å². The first kappa shape index (κ1) is 31.2. The standard InChI is InChI=1S/C37H42N6O3/c1-4-6-7-14-32(28-11-10-12-29(23-28)37(45)46-5-2)34-21-16-25(3)42-24-30(36(44)43(34)42)22-26-17-19-27(20-18-26)31-13-8-9-15-33(31)35-38-40-41-39-35/h8-13,15,17-20,23-25,32,34H,4-7,14,16,21-22H2,1-3H3,(H,38,39,40,41). The molecule has 0 fully saturated rings. The Morgan fingerprint density at radius 2 is 1.80 bits per heavy atom. The van der Waals surface area contributed by atoms with E-state index in [1.807, 2.05) is 48.0 Å². The van der Waals surface area contributed by atoms with E-state index in [-0.39, 0.29) is 29.5 Å². The Kier molecular flexibility index (Phi) is 9.57. The van der Waals surface area contributed by atoms with Gasteiger partial charge in [-0.2, -0.15) is 0 Å². The van der Waals surface area contributed by atoms with Crippen LogP contribution in [0.3, 0.4) is 0 Å². The predicted octanol–water partition coefficient (Wildman–Crippen LogP) is 7.52. The Morgan fingerprint density at radius 3 is 2.54 bits per heavy atom. The predicted molar refractivity (Wildman–Crippen MR) is 179 cm³/mol. The first-order chi connectivity index (χ1) is 22.5. The SMILES string of the molecule is CCCCCC(c1cccc(C(=O)OCC)c1)C1CCC(C)n2cc(Cc3ccc(-c4ccccc4-c4nnn[nH]4)cc3)c(=O)n21. The third-order valence-corrected chi connectivity index (χ3v) is 9.26. The van der Waals surface area contributed by atoms with Crippen molar-refractivity contribution in [2.24, 2.45) is 0 Å². The molecule has 46 heavy (non-hydrogen) atoms. The molecule has 0 amide bonds. The van der Waals surface area contributed by atoms with Gasteiger partial charge in [0.05, 0.1) is 18.2 Å². The van der Waals surface area contributed by atoms with Crippen LogP contribution < -0.4 is 5.56 Å². The van der Waals surface area contributed by atoms with Gasteiger partial charge in [0.15, 0.2) is 5.82 Å². The molecular weight excluding hydrogens is 576 g/mol. The second kappa shape index (κ2) is 14.1. The summed E-state index contributed by atoms with van der Waals surface area (Å²) in [5.41, 5.74) is 6.63. The van der Waals surface area contributed by atoms with E-state index >= 15 is 0 Å². The molecule has 0 bridgehead atoms. The van der Waals surface area contributed by atoms with Crippen molar-refractivity contribution in [2.45, 2.75) is 83.7 Å². The van der Waals surface area contributed by atoms with E-state index in [4.69, 9.17) is 4.74 Å². The van der Waals surface area contributed by atoms with E-state index in [1.165, 1.54) is 0 Å². The molecule has 5 aromatic rings. The summed E-state index contributed by atoms with van der Waals surface area (Å²) in [5, 5.41) is 14.4. The molecule has 1 aliphatic heterocycles. The molecule has 6 rings (SSSR count). The fourth-order valence-corrected chi connectivity index (χ4v) is 6.89. The topological polar surface area (TPSA) is 108 Å². The number of aromatic nitrogens is 6. The summed E-state index contributed by atoms with van der Waals surface area (Å²) < 4.78 is 9.50. The van der Waals surface area contributed by atoms with Crippen molar-refractivity contribution in [2.75, 3.05) is 6.61 Å². The molecule has 9 nitrogen and oxygen atoms in total. The highest BCUT2D eigenvalue weighted by Gasteiger charge is 2.33. The van der Waals surface area contributed by atoms with Crippen LogP contribution in [0.25, 0.3) is 22.5 Å². The number of tetrazole rings is 1. The number of carbonyl (C=O) groups is 1. The lowest BCUT2D eigenvalue weighted by molar-refractivity contribution is 0.0526. The zero-order valence-electron chi connectivity index (χ0n) is 26.9. The van der Waals surface area contributed by atoms with Crippen LogP contribution in [0.2, 0.25) is 0 Å². The summed E-state index contributed by atoms with van der Waals surface area (Å²) in [6, 6.07) is 24.5. The number of aromatic amines is 1. The molecular formula is C37H42N6O3. The van der Waals surface area contributed by atoms with Gasteiger partial charge >= 0.3 is 5.97 Å². The molecule has 3 aromatic carbocycles. The van der Waals surface area contributed by atoms with Crippen LogP contribution in [0.4, 0.5) is 0 Å². The zero-order chi connectivity index (χ0) is 32.0. The molecule has 1 aliphatic rings. The van der Waals surface area contributed by atoms with Gasteiger partial charge in [0.25, 0.3) is 5.56 Å². The summed E-state index contributed by atoms with van der Waals surface area (Å²) in [6.45, 7) is 6.56. The van der Waals surface area contributed by atoms with E-state index in [9.17, 15) is 9.59 Å². The van der Waals surface area contributed by atoms with Gasteiger partial charge in [-0.25, -0.2) is 14.6 Å². The summed E-state index contributed by atoms with van der Waals surface area (Å²) >= 11 is 0. The van der Waals surface area contributed by atoms with Crippen LogP contribution in [0.15, 0.2) is 83.8 Å². The summed E-state index contributed by atoms with van der Waals surface area (Å²) in [5.74, 6) is 0.434. The zero-order valence-corrected chi connectivity index (χ0v) is 26.9. The molecule has 3 atom stereocenters. The number of ether oxygens (including phenoxy) is 1. The molecule has 0 aliphatic carbocycles. The third-order valence-electron chi connectivity index (χ3n) is 9.26. The highest BCUT2D eigenvalue weighted by atomic mass is 16.5. The van der Waals surface area contributed by atoms with Gasteiger partial charge < -0.3 is 4.74 Å². The van der Waals surface area contributed by atoms with Gasteiger partial charge in [0, 0.05) is 35.7 Å². The number of unbranched alkanes of at least 4 members (excludes halogenated alkanes) is 2. The maximum atomic E-state index is 14.2. The number of rotatable bonds is 12. The average molecular weight is 619 g/mol. The Morgan fingerprint density at radius 1 is 1.00 bits per heavy atom. The van der Waals surface area contributed by atoms with E-state index in [0.717, 1.165) is 71.9 Å². The van der Waals surface area contributed by atoms with Crippen LogP contribution >= 0.6 is 0 Å². The lowest BCUT2D eigenvalue weighted by Crippen LogP contribution is -2.37. The summed E-state index contributed by atoms with van der Waals surface area (Å²) in [7, 11) is 0. The highest BCUT2D eigenvalue weighted by Crippen LogP contribution is 2.41. The van der Waals surface area contributed by atoms with Crippen LogP contribution in [-0.4, -0.2) is 42.6 Å². The summed E-state index contributed by atoms with van der Waals surface area (Å²) in [6.07, 6.45) is 8.82. The number of benzene rings is 3. The van der Waals surface area contributed by atoms with Crippen molar-refractivity contribution >= 4 is 5.97 Å². The van der Waals surface area contributed by atoms with Gasteiger partial charge in [-0.1, -0.05) is 86.8 Å². The fourth-order valence-electron chi connectivity index (χ4n) is 6.89. The van der Waals surface area contributed by atoms with E-state index < -0.39 is 0 Å². The Bertz CT molecular complexity index is 1820. The number of H-pyrrole nitrogens is 1. The quantitative estimate of drug-likeness (QED) is 0.114. The van der Waals surface area contributed by atoms with Crippen LogP contribution in [-0.2, 0) is 11.2 Å². The molecule has 238 valence electrons. The van der Waals surface area contributed by atoms with Crippen molar-refractivity contribution < 1.29 is 9.53 Å². The fraction of sp³-hybridized carbons (Fsp3) is 0.378. The number of nitrogens with one attached hydrogen (secondary N) is 1. The molecule has 0 saturated carbocycles. The van der Waals surface area contributed by atoms with Gasteiger partial charge in [0.2, 0.25) is 0 Å². The Hall–Kier alpha value is -4.79. The van der Waals surface area contributed by atoms with Crippen molar-refractivity contribution in [1.82, 2.24) is 30.0 Å². The Balaban J connectivity index is 1.30. The van der Waals surface area contributed by atoms with Crippen LogP contribution in [0.5, 0.6) is 0 Å². The molecule has 0 radical (unpaired) electrons. The summed E-state index contributed by atoms with van der Waals surface area (Å²) in [4.78, 5) is 26.8. The van der Waals surface area contributed by atoms with Gasteiger partial charge in [-0.05, 0) is 77.9 Å². The number of carbonyl (C=O) groups excluding carboxylic acids is 1. The van der Waals surface area contributed by atoms with E-state index in [2.05, 4.69) is 81.7 Å². The number of esters is 1. The molecule has 0 spiro atoms. The van der Waals surface area contributed by atoms with Crippen LogP contribution in [0.1, 0.15) is 104 Å². The first-order valence-electron chi connectivity index (χ1n) is 16.5. The molecule has 3 heterocycles. The molecule has 9 heteroatoms. The van der Waals surface area contributed by atoms with E-state index in [1.54, 1.807) is 0 Å². The van der Waals surface area contributed by atoms with Gasteiger partial charge in [-0.3, -0.25) is 9.48 Å². The Labute approximate surface area is 269 Å². The van der Waals surface area contributed by atoms with Crippen molar-refractivity contribution in [1.29, 1.82) is 0 Å². The number of hydrogen-bond acceptors (Lipinski definition) is 6. The molecule has 0 saturated heterocycles. The molecule has 2 aromatic heterocycles. The number of hydrogen-bond donors (Lipinski definition) is 1. The maximum Gasteiger partial charge on any atom is 0.338 e. The van der Waals surface area contributed by atoms with Crippen molar-refractivity contribution in [3.8, 4) is 22.5 Å². The van der Waals surface area contributed by atoms with Crippen molar-refractivity contribution in [3.05, 3.63) is 112 Å². The minimum absolute atomic E-state index is 0.0104. The number of nitrogens with zero attached hydrogens (tertiary/aromatic N) is 5. The number of fused-ring (bicyclic) bond motifs is 1. The minimum atomic E-state index is -0.304. The first-order valence-corrected chi connectivity index (χ1v) is 16.5. The smallest absolute Gasteiger partial charge is 0.338 e.